The zero-order valence-corrected chi connectivity index (χ0v) is 31.1. The van der Waals surface area contributed by atoms with E-state index in [1.54, 1.807) is 17.2 Å². The van der Waals surface area contributed by atoms with Gasteiger partial charge in [0, 0.05) is 30.8 Å². The number of hydrogen-bond donors (Lipinski definition) is 2. The van der Waals surface area contributed by atoms with E-state index in [1.807, 2.05) is 58.0 Å². The Morgan fingerprint density at radius 2 is 1.74 bits per heavy atom. The number of amidine groups is 1. The van der Waals surface area contributed by atoms with E-state index in [-0.39, 0.29) is 56.2 Å². The van der Waals surface area contributed by atoms with Crippen molar-refractivity contribution in [3.63, 3.8) is 0 Å². The van der Waals surface area contributed by atoms with E-state index in [0.29, 0.717) is 29.2 Å². The molecule has 0 saturated heterocycles. The van der Waals surface area contributed by atoms with Crippen molar-refractivity contribution in [2.24, 2.45) is 11.3 Å². The van der Waals surface area contributed by atoms with Gasteiger partial charge < -0.3 is 18.1 Å². The molecular formula is C31H52ClN5OU. The minimum atomic E-state index is -0.108. The van der Waals surface area contributed by atoms with E-state index >= 15 is 0 Å². The first kappa shape index (κ1) is 42.1. The average molecular weight is 784 g/mol. The SMILES string of the molecule is CC(C)(C)C.CCC(C)C(=O)N(CCN(C)C)C(=N)c1cnc(Cl)cc1C.CCCc1[c-]cc(N)cc1.[CH3-].[U+2]. The molecule has 1 aromatic heterocycles. The van der Waals surface area contributed by atoms with Crippen molar-refractivity contribution in [1.82, 2.24) is 14.8 Å². The Kier molecular flexibility index (Phi) is 23.1. The van der Waals surface area contributed by atoms with Gasteiger partial charge in [-0.3, -0.25) is 15.1 Å². The molecule has 0 radical (unpaired) electrons. The Morgan fingerprint density at radius 3 is 2.15 bits per heavy atom. The van der Waals surface area contributed by atoms with Crippen LogP contribution in [0.1, 0.15) is 78.0 Å². The zero-order valence-electron chi connectivity index (χ0n) is 26.2. The Labute approximate surface area is 268 Å². The van der Waals surface area contributed by atoms with Gasteiger partial charge in [-0.25, -0.2) is 4.98 Å². The van der Waals surface area contributed by atoms with Gasteiger partial charge in [-0.1, -0.05) is 78.6 Å². The van der Waals surface area contributed by atoms with Gasteiger partial charge in [0.1, 0.15) is 11.0 Å². The van der Waals surface area contributed by atoms with Crippen molar-refractivity contribution in [3.05, 3.63) is 65.8 Å². The summed E-state index contributed by atoms with van der Waals surface area (Å²) in [6.07, 6.45) is 4.58. The number of hydrogen-bond acceptors (Lipinski definition) is 5. The molecule has 0 saturated carbocycles. The quantitative estimate of drug-likeness (QED) is 0.0967. The van der Waals surface area contributed by atoms with E-state index in [1.165, 1.54) is 12.0 Å². The van der Waals surface area contributed by atoms with Crippen molar-refractivity contribution in [3.8, 4) is 0 Å². The van der Waals surface area contributed by atoms with Crippen LogP contribution in [0.2, 0.25) is 5.15 Å². The van der Waals surface area contributed by atoms with E-state index < -0.39 is 0 Å². The Bertz CT molecular complexity index is 952. The molecule has 0 aliphatic heterocycles. The smallest absolute Gasteiger partial charge is 0.449 e. The third kappa shape index (κ3) is 19.3. The van der Waals surface area contributed by atoms with E-state index in [0.717, 1.165) is 24.1 Å². The molecule has 0 spiro atoms. The third-order valence-corrected chi connectivity index (χ3v) is 5.30. The van der Waals surface area contributed by atoms with Crippen LogP contribution in [0.4, 0.5) is 5.69 Å². The van der Waals surface area contributed by atoms with Gasteiger partial charge in [0.2, 0.25) is 5.91 Å². The van der Waals surface area contributed by atoms with Gasteiger partial charge in [-0.05, 0) is 44.5 Å². The third-order valence-electron chi connectivity index (χ3n) is 5.09. The van der Waals surface area contributed by atoms with Crippen LogP contribution in [-0.4, -0.2) is 53.7 Å². The fourth-order valence-corrected chi connectivity index (χ4v) is 3.09. The molecular weight excluding hydrogens is 732 g/mol. The van der Waals surface area contributed by atoms with Crippen molar-refractivity contribution in [1.29, 1.82) is 5.41 Å². The zero-order chi connectivity index (χ0) is 28.8. The van der Waals surface area contributed by atoms with Crippen molar-refractivity contribution in [2.75, 3.05) is 32.9 Å². The molecule has 0 bridgehead atoms. The molecule has 0 aliphatic rings. The fraction of sp³-hybridized carbons (Fsp3) is 0.548. The first-order valence-electron chi connectivity index (χ1n) is 13.0. The molecule has 1 amide bonds. The number of nitrogens with one attached hydrogen (secondary N) is 1. The van der Waals surface area contributed by atoms with E-state index in [2.05, 4.69) is 45.7 Å². The van der Waals surface area contributed by atoms with Crippen LogP contribution in [0, 0.1) is 68.3 Å². The molecule has 2 aromatic rings. The summed E-state index contributed by atoms with van der Waals surface area (Å²) in [4.78, 5) is 20.2. The van der Waals surface area contributed by atoms with Crippen LogP contribution in [-0.2, 0) is 11.2 Å². The second-order valence-electron chi connectivity index (χ2n) is 11.2. The first-order chi connectivity index (χ1) is 17.1. The number of aryl methyl sites for hydroxylation is 2. The number of rotatable bonds is 8. The van der Waals surface area contributed by atoms with Crippen LogP contribution >= 0.6 is 11.6 Å². The van der Waals surface area contributed by atoms with Gasteiger partial charge in [0.15, 0.2) is 0 Å². The number of anilines is 1. The Morgan fingerprint density at radius 1 is 1.18 bits per heavy atom. The summed E-state index contributed by atoms with van der Waals surface area (Å²) < 4.78 is 0. The minimum Gasteiger partial charge on any atom is -0.449 e. The monoisotopic (exact) mass is 783 g/mol. The summed E-state index contributed by atoms with van der Waals surface area (Å²) in [5.74, 6) is 0.0561. The van der Waals surface area contributed by atoms with Gasteiger partial charge >= 0.3 is 31.1 Å². The number of nitrogen functional groups attached to an aromatic ring is 1. The molecule has 39 heavy (non-hydrogen) atoms. The Hall–Kier alpha value is -1.39. The molecule has 1 atom stereocenters. The first-order valence-corrected chi connectivity index (χ1v) is 13.4. The molecule has 218 valence electrons. The maximum absolute atomic E-state index is 12.6. The number of amides is 1. The topological polar surface area (TPSA) is 86.3 Å². The number of carbonyl (C=O) groups is 1. The number of aromatic nitrogens is 1. The molecule has 1 heterocycles. The van der Waals surface area contributed by atoms with Gasteiger partial charge in [-0.15, -0.1) is 0 Å². The fourth-order valence-electron chi connectivity index (χ4n) is 2.88. The number of halogens is 1. The number of nitrogens with two attached hydrogens (primary N) is 1. The standard InChI is InChI=1S/C16H25ClN4O.C9H12N.C5H12.CH3.U/c1-6-11(2)16(22)21(8-7-20(4)5)15(18)13-10-19-14(17)9-12(13)3;1-2-3-8-4-6-9(10)7-5-8;1-5(2,3)4;;/h9-11,18H,6-8H2,1-5H3;4,6-7H,2-3,10H2,1H3;1-4H3;1H3;/q;-1;;-1;+2. The molecule has 2 rings (SSSR count). The summed E-state index contributed by atoms with van der Waals surface area (Å²) >= 11 is 5.87. The van der Waals surface area contributed by atoms with Crippen molar-refractivity contribution < 1.29 is 35.9 Å². The van der Waals surface area contributed by atoms with Crippen molar-refractivity contribution >= 4 is 29.0 Å². The predicted octanol–water partition coefficient (Wildman–Crippen LogP) is 7.33. The molecule has 0 aliphatic carbocycles. The van der Waals surface area contributed by atoms with E-state index in [4.69, 9.17) is 22.7 Å². The number of carbonyl (C=O) groups excluding carboxylic acids is 1. The molecule has 8 heteroatoms. The summed E-state index contributed by atoms with van der Waals surface area (Å²) in [5.41, 5.74) is 9.51. The molecule has 3 N–H and O–H groups in total. The number of likely N-dealkylation sites (N-methyl/N-ethyl adjacent to an activating group) is 1. The average Bonchev–Trinajstić information content (AvgIpc) is 2.79. The molecule has 0 fully saturated rings. The second-order valence-corrected chi connectivity index (χ2v) is 11.6. The number of nitrogens with zero attached hydrogens (tertiary/aromatic N) is 3. The van der Waals surface area contributed by atoms with Crippen LogP contribution < -0.4 is 5.73 Å². The predicted molar refractivity (Wildman–Crippen MR) is 166 cm³/mol. The van der Waals surface area contributed by atoms with E-state index in [9.17, 15) is 4.79 Å². The van der Waals surface area contributed by atoms with Gasteiger partial charge in [-0.2, -0.15) is 29.8 Å². The van der Waals surface area contributed by atoms with Gasteiger partial charge in [0.05, 0.1) is 0 Å². The maximum atomic E-state index is 12.6. The van der Waals surface area contributed by atoms with Crippen LogP contribution in [0.15, 0.2) is 30.5 Å². The maximum Gasteiger partial charge on any atom is 2.00 e. The van der Waals surface area contributed by atoms with Crippen molar-refractivity contribution in [2.45, 2.75) is 74.7 Å². The normalized spacial score (nSPS) is 11.0. The molecule has 6 nitrogen and oxygen atoms in total. The molecule has 1 aromatic carbocycles. The largest absolute Gasteiger partial charge is 2.00 e. The molecule has 1 unspecified atom stereocenters. The van der Waals surface area contributed by atoms with Crippen LogP contribution in [0.3, 0.4) is 0 Å². The summed E-state index contributed by atoms with van der Waals surface area (Å²) in [6.45, 7) is 17.8. The van der Waals surface area contributed by atoms with Gasteiger partial charge in [0.25, 0.3) is 0 Å². The summed E-state index contributed by atoms with van der Waals surface area (Å²) in [7, 11) is 3.90. The summed E-state index contributed by atoms with van der Waals surface area (Å²) in [5, 5.41) is 8.84. The van der Waals surface area contributed by atoms with Crippen LogP contribution in [0.25, 0.3) is 0 Å². The number of benzene rings is 1. The summed E-state index contributed by atoms with van der Waals surface area (Å²) in [6, 6.07) is 10.6. The Balaban J connectivity index is -0.000000632. The van der Waals surface area contributed by atoms with Crippen LogP contribution in [0.5, 0.6) is 0 Å². The second kappa shape index (κ2) is 21.4. The minimum absolute atomic E-state index is 0. The number of pyridine rings is 1.